The SMILES string of the molecule is Cc1noc(C)c1NCc1ccc(C(N)=O)cc1. The molecule has 0 saturated carbocycles. The third-order valence-corrected chi connectivity index (χ3v) is 2.74. The van der Waals surface area contributed by atoms with Gasteiger partial charge in [-0.25, -0.2) is 0 Å². The number of nitrogens with zero attached hydrogens (tertiary/aromatic N) is 1. The van der Waals surface area contributed by atoms with Gasteiger partial charge in [0.05, 0.1) is 0 Å². The van der Waals surface area contributed by atoms with Gasteiger partial charge in [-0.05, 0) is 31.5 Å². The van der Waals surface area contributed by atoms with Gasteiger partial charge in [0, 0.05) is 12.1 Å². The molecule has 0 aliphatic carbocycles. The molecule has 1 heterocycles. The molecule has 18 heavy (non-hydrogen) atoms. The van der Waals surface area contributed by atoms with E-state index < -0.39 is 5.91 Å². The Kier molecular flexibility index (Phi) is 3.32. The summed E-state index contributed by atoms with van der Waals surface area (Å²) in [6, 6.07) is 7.16. The molecule has 1 aromatic carbocycles. The van der Waals surface area contributed by atoms with E-state index in [-0.39, 0.29) is 0 Å². The fourth-order valence-corrected chi connectivity index (χ4v) is 1.71. The predicted molar refractivity (Wildman–Crippen MR) is 68.3 cm³/mol. The summed E-state index contributed by atoms with van der Waals surface area (Å²) < 4.78 is 5.06. The Balaban J connectivity index is 2.04. The van der Waals surface area contributed by atoms with Crippen molar-refractivity contribution >= 4 is 11.6 Å². The van der Waals surface area contributed by atoms with Crippen LogP contribution in [0.2, 0.25) is 0 Å². The van der Waals surface area contributed by atoms with Crippen LogP contribution >= 0.6 is 0 Å². The van der Waals surface area contributed by atoms with E-state index in [1.807, 2.05) is 26.0 Å². The Hall–Kier alpha value is -2.30. The number of carbonyl (C=O) groups excluding carboxylic acids is 1. The second-order valence-corrected chi connectivity index (χ2v) is 4.11. The van der Waals surface area contributed by atoms with Crippen molar-refractivity contribution in [3.63, 3.8) is 0 Å². The molecule has 0 atom stereocenters. The minimum absolute atomic E-state index is 0.416. The number of rotatable bonds is 4. The number of hydrogen-bond donors (Lipinski definition) is 2. The summed E-state index contributed by atoms with van der Waals surface area (Å²) in [7, 11) is 0. The lowest BCUT2D eigenvalue weighted by atomic mass is 10.1. The molecule has 5 heteroatoms. The minimum atomic E-state index is -0.416. The van der Waals surface area contributed by atoms with Gasteiger partial charge in [0.1, 0.15) is 11.4 Å². The molecule has 2 rings (SSSR count). The highest BCUT2D eigenvalue weighted by molar-refractivity contribution is 5.92. The van der Waals surface area contributed by atoms with Crippen LogP contribution in [-0.2, 0) is 6.54 Å². The zero-order valence-electron chi connectivity index (χ0n) is 10.4. The van der Waals surface area contributed by atoms with Crippen molar-refractivity contribution in [1.29, 1.82) is 0 Å². The van der Waals surface area contributed by atoms with Crippen molar-refractivity contribution in [3.05, 3.63) is 46.8 Å². The Bertz CT molecular complexity index is 539. The maximum absolute atomic E-state index is 10.9. The van der Waals surface area contributed by atoms with E-state index in [0.717, 1.165) is 22.7 Å². The van der Waals surface area contributed by atoms with Gasteiger partial charge in [-0.15, -0.1) is 0 Å². The Morgan fingerprint density at radius 1 is 1.33 bits per heavy atom. The van der Waals surface area contributed by atoms with E-state index >= 15 is 0 Å². The van der Waals surface area contributed by atoms with Crippen LogP contribution < -0.4 is 11.1 Å². The summed E-state index contributed by atoms with van der Waals surface area (Å²) in [4.78, 5) is 10.9. The highest BCUT2D eigenvalue weighted by Gasteiger charge is 2.08. The Labute approximate surface area is 105 Å². The smallest absolute Gasteiger partial charge is 0.248 e. The number of benzene rings is 1. The molecular weight excluding hydrogens is 230 g/mol. The van der Waals surface area contributed by atoms with Crippen LogP contribution in [0, 0.1) is 13.8 Å². The van der Waals surface area contributed by atoms with Crippen molar-refractivity contribution < 1.29 is 9.32 Å². The van der Waals surface area contributed by atoms with Crippen molar-refractivity contribution in [2.45, 2.75) is 20.4 Å². The third kappa shape index (κ3) is 2.51. The normalized spacial score (nSPS) is 10.3. The van der Waals surface area contributed by atoms with E-state index in [4.69, 9.17) is 10.3 Å². The Morgan fingerprint density at radius 2 is 2.00 bits per heavy atom. The molecule has 94 valence electrons. The molecule has 0 fully saturated rings. The molecule has 0 bridgehead atoms. The third-order valence-electron chi connectivity index (χ3n) is 2.74. The number of aryl methyl sites for hydroxylation is 2. The van der Waals surface area contributed by atoms with Crippen LogP contribution in [0.4, 0.5) is 5.69 Å². The highest BCUT2D eigenvalue weighted by Crippen LogP contribution is 2.19. The van der Waals surface area contributed by atoms with E-state index in [0.29, 0.717) is 12.1 Å². The van der Waals surface area contributed by atoms with Crippen LogP contribution in [0.5, 0.6) is 0 Å². The quantitative estimate of drug-likeness (QED) is 0.863. The molecule has 0 radical (unpaired) electrons. The summed E-state index contributed by atoms with van der Waals surface area (Å²) in [6.45, 7) is 4.38. The second-order valence-electron chi connectivity index (χ2n) is 4.11. The summed E-state index contributed by atoms with van der Waals surface area (Å²) >= 11 is 0. The molecule has 3 N–H and O–H groups in total. The van der Waals surface area contributed by atoms with Gasteiger partial charge in [-0.3, -0.25) is 4.79 Å². The highest BCUT2D eigenvalue weighted by atomic mass is 16.5. The van der Waals surface area contributed by atoms with Gasteiger partial charge >= 0.3 is 0 Å². The first-order chi connectivity index (χ1) is 8.58. The number of hydrogen-bond acceptors (Lipinski definition) is 4. The molecule has 2 aromatic rings. The second kappa shape index (κ2) is 4.91. The van der Waals surface area contributed by atoms with Gasteiger partial charge in [0.25, 0.3) is 0 Å². The molecule has 0 spiro atoms. The van der Waals surface area contributed by atoms with Crippen LogP contribution in [0.15, 0.2) is 28.8 Å². The van der Waals surface area contributed by atoms with E-state index in [9.17, 15) is 4.79 Å². The average molecular weight is 245 g/mol. The lowest BCUT2D eigenvalue weighted by Gasteiger charge is -2.06. The van der Waals surface area contributed by atoms with Crippen molar-refractivity contribution in [2.24, 2.45) is 5.73 Å². The van der Waals surface area contributed by atoms with Gasteiger partial charge in [-0.2, -0.15) is 0 Å². The van der Waals surface area contributed by atoms with Gasteiger partial charge in [0.15, 0.2) is 5.76 Å². The number of amides is 1. The van der Waals surface area contributed by atoms with E-state index in [2.05, 4.69) is 10.5 Å². The van der Waals surface area contributed by atoms with Crippen molar-refractivity contribution in [3.8, 4) is 0 Å². The number of carbonyl (C=O) groups is 1. The fraction of sp³-hybridized carbons (Fsp3) is 0.231. The Morgan fingerprint density at radius 3 is 2.50 bits per heavy atom. The molecule has 0 saturated heterocycles. The summed E-state index contributed by atoms with van der Waals surface area (Å²) in [5.41, 5.74) is 8.49. The largest absolute Gasteiger partial charge is 0.377 e. The molecule has 5 nitrogen and oxygen atoms in total. The zero-order chi connectivity index (χ0) is 13.1. The standard InChI is InChI=1S/C13H15N3O2/c1-8-12(9(2)18-16-8)15-7-10-3-5-11(6-4-10)13(14)17/h3-6,15H,7H2,1-2H3,(H2,14,17). The molecule has 0 unspecified atom stereocenters. The van der Waals surface area contributed by atoms with Gasteiger partial charge in [-0.1, -0.05) is 17.3 Å². The van der Waals surface area contributed by atoms with Gasteiger partial charge in [0.2, 0.25) is 5.91 Å². The first-order valence-electron chi connectivity index (χ1n) is 5.63. The van der Waals surface area contributed by atoms with E-state index in [1.54, 1.807) is 12.1 Å². The average Bonchev–Trinajstić information content (AvgIpc) is 2.67. The summed E-state index contributed by atoms with van der Waals surface area (Å²) in [5.74, 6) is 0.349. The molecule has 1 aromatic heterocycles. The van der Waals surface area contributed by atoms with Crippen molar-refractivity contribution in [2.75, 3.05) is 5.32 Å². The topological polar surface area (TPSA) is 81.2 Å². The lowest BCUT2D eigenvalue weighted by molar-refractivity contribution is 0.100. The number of anilines is 1. The minimum Gasteiger partial charge on any atom is -0.377 e. The maximum Gasteiger partial charge on any atom is 0.248 e. The maximum atomic E-state index is 10.9. The van der Waals surface area contributed by atoms with Crippen LogP contribution in [0.25, 0.3) is 0 Å². The summed E-state index contributed by atoms with van der Waals surface area (Å²) in [5, 5.41) is 7.12. The number of aromatic nitrogens is 1. The molecule has 0 aliphatic heterocycles. The van der Waals surface area contributed by atoms with E-state index in [1.165, 1.54) is 0 Å². The van der Waals surface area contributed by atoms with Crippen LogP contribution in [0.1, 0.15) is 27.4 Å². The number of primary amides is 1. The molecule has 0 aliphatic rings. The van der Waals surface area contributed by atoms with Crippen LogP contribution in [0.3, 0.4) is 0 Å². The van der Waals surface area contributed by atoms with Gasteiger partial charge < -0.3 is 15.6 Å². The number of nitrogens with one attached hydrogen (secondary N) is 1. The van der Waals surface area contributed by atoms with Crippen molar-refractivity contribution in [1.82, 2.24) is 5.16 Å². The first kappa shape index (κ1) is 12.2. The lowest BCUT2D eigenvalue weighted by Crippen LogP contribution is -2.10. The predicted octanol–water partition coefficient (Wildman–Crippen LogP) is 2.00. The fourth-order valence-electron chi connectivity index (χ4n) is 1.71. The first-order valence-corrected chi connectivity index (χ1v) is 5.63. The zero-order valence-corrected chi connectivity index (χ0v) is 10.4. The summed E-state index contributed by atoms with van der Waals surface area (Å²) in [6.07, 6.45) is 0. The number of nitrogens with two attached hydrogens (primary N) is 1. The molecule has 1 amide bonds. The molecular formula is C13H15N3O2. The monoisotopic (exact) mass is 245 g/mol. The van der Waals surface area contributed by atoms with Crippen LogP contribution in [-0.4, -0.2) is 11.1 Å².